The standard InChI is InChI=1S/C24H16ClN7O/c25-16-10-28-24(26)32-21(16)23(33)31-20-13-5-2-1-4-12(13)19-14(20)6-3-7-15(19)22-29-17-8-9-27-11-18(17)30-22/h1-11,20H,(H,29,30)(H,31,33)(H2,26,28,32)/t20-/m1/s1. The van der Waals surface area contributed by atoms with Crippen molar-refractivity contribution in [2.24, 2.45) is 0 Å². The number of hydrogen-bond acceptors (Lipinski definition) is 6. The number of nitrogens with two attached hydrogens (primary N) is 1. The lowest BCUT2D eigenvalue weighted by Crippen LogP contribution is -2.29. The van der Waals surface area contributed by atoms with E-state index in [1.54, 1.807) is 12.4 Å². The third-order valence-electron chi connectivity index (χ3n) is 5.74. The molecule has 1 aliphatic rings. The number of nitrogen functional groups attached to an aromatic ring is 1. The van der Waals surface area contributed by atoms with E-state index in [0.717, 1.165) is 44.7 Å². The number of amides is 1. The lowest BCUT2D eigenvalue weighted by molar-refractivity contribution is 0.0938. The fourth-order valence-corrected chi connectivity index (χ4v) is 4.51. The van der Waals surface area contributed by atoms with Crippen molar-refractivity contribution in [3.8, 4) is 22.5 Å². The molecule has 0 radical (unpaired) electrons. The van der Waals surface area contributed by atoms with Crippen LogP contribution in [0, 0.1) is 0 Å². The monoisotopic (exact) mass is 453 g/mol. The van der Waals surface area contributed by atoms with E-state index < -0.39 is 5.91 Å². The molecule has 3 aromatic heterocycles. The van der Waals surface area contributed by atoms with Crippen LogP contribution < -0.4 is 11.1 Å². The van der Waals surface area contributed by atoms with E-state index in [9.17, 15) is 4.79 Å². The predicted molar refractivity (Wildman–Crippen MR) is 126 cm³/mol. The van der Waals surface area contributed by atoms with Crippen molar-refractivity contribution in [1.82, 2.24) is 30.2 Å². The van der Waals surface area contributed by atoms with Crippen LogP contribution in [0.4, 0.5) is 5.95 Å². The number of nitrogens with one attached hydrogen (secondary N) is 2. The van der Waals surface area contributed by atoms with E-state index in [0.29, 0.717) is 0 Å². The van der Waals surface area contributed by atoms with Gasteiger partial charge in [-0.2, -0.15) is 0 Å². The molecule has 0 spiro atoms. The van der Waals surface area contributed by atoms with E-state index in [1.807, 2.05) is 48.5 Å². The second-order valence-corrected chi connectivity index (χ2v) is 8.07. The van der Waals surface area contributed by atoms with Crippen LogP contribution in [0.1, 0.15) is 27.7 Å². The molecular weight excluding hydrogens is 438 g/mol. The number of anilines is 1. The molecule has 0 bridgehead atoms. The Bertz CT molecular complexity index is 1530. The molecule has 0 aliphatic heterocycles. The van der Waals surface area contributed by atoms with Gasteiger partial charge in [0, 0.05) is 11.8 Å². The minimum Gasteiger partial charge on any atom is -0.368 e. The number of imidazole rings is 1. The lowest BCUT2D eigenvalue weighted by Gasteiger charge is -2.16. The van der Waals surface area contributed by atoms with Crippen molar-refractivity contribution < 1.29 is 4.79 Å². The minimum absolute atomic E-state index is 0.0153. The van der Waals surface area contributed by atoms with Crippen LogP contribution in [-0.2, 0) is 0 Å². The van der Waals surface area contributed by atoms with Crippen LogP contribution in [0.15, 0.2) is 67.1 Å². The quantitative estimate of drug-likeness (QED) is 0.377. The van der Waals surface area contributed by atoms with Crippen LogP contribution in [0.2, 0.25) is 5.02 Å². The summed E-state index contributed by atoms with van der Waals surface area (Å²) >= 11 is 6.16. The van der Waals surface area contributed by atoms with Gasteiger partial charge in [0.2, 0.25) is 5.95 Å². The zero-order valence-electron chi connectivity index (χ0n) is 17.1. The Balaban J connectivity index is 1.48. The fraction of sp³-hybridized carbons (Fsp3) is 0.0417. The zero-order valence-corrected chi connectivity index (χ0v) is 17.8. The number of H-pyrrole nitrogens is 1. The number of rotatable bonds is 3. The summed E-state index contributed by atoms with van der Waals surface area (Å²) in [6.07, 6.45) is 4.79. The Morgan fingerprint density at radius 2 is 1.82 bits per heavy atom. The van der Waals surface area contributed by atoms with E-state index in [1.165, 1.54) is 6.20 Å². The summed E-state index contributed by atoms with van der Waals surface area (Å²) in [6.45, 7) is 0. The number of halogens is 1. The number of carbonyl (C=O) groups is 1. The zero-order chi connectivity index (χ0) is 22.5. The van der Waals surface area contributed by atoms with Gasteiger partial charge in [-0.05, 0) is 28.3 Å². The molecule has 4 N–H and O–H groups in total. The van der Waals surface area contributed by atoms with Gasteiger partial charge in [-0.25, -0.2) is 15.0 Å². The molecule has 8 nitrogen and oxygen atoms in total. The molecule has 0 saturated carbocycles. The molecule has 0 fully saturated rings. The summed E-state index contributed by atoms with van der Waals surface area (Å²) in [5.74, 6) is 0.295. The average molecular weight is 454 g/mol. The first-order valence-corrected chi connectivity index (χ1v) is 10.6. The van der Waals surface area contributed by atoms with E-state index >= 15 is 0 Å². The lowest BCUT2D eigenvalue weighted by atomic mass is 9.99. The van der Waals surface area contributed by atoms with Crippen molar-refractivity contribution in [3.63, 3.8) is 0 Å². The van der Waals surface area contributed by atoms with Crippen molar-refractivity contribution in [2.45, 2.75) is 6.04 Å². The molecular formula is C24H16ClN7O. The van der Waals surface area contributed by atoms with Crippen LogP contribution in [0.5, 0.6) is 0 Å². The van der Waals surface area contributed by atoms with Gasteiger partial charge in [0.05, 0.1) is 34.5 Å². The van der Waals surface area contributed by atoms with E-state index in [2.05, 4.69) is 25.3 Å². The largest absolute Gasteiger partial charge is 0.368 e. The number of pyridine rings is 1. The summed E-state index contributed by atoms with van der Waals surface area (Å²) in [4.78, 5) is 33.2. The number of fused-ring (bicyclic) bond motifs is 4. The Labute approximate surface area is 192 Å². The number of nitrogens with zero attached hydrogens (tertiary/aromatic N) is 4. The Kier molecular flexibility index (Phi) is 4.34. The third kappa shape index (κ3) is 3.11. The maximum Gasteiger partial charge on any atom is 0.272 e. The number of hydrogen-bond donors (Lipinski definition) is 3. The Hall–Kier alpha value is -4.30. The molecule has 5 aromatic rings. The third-order valence-corrected chi connectivity index (χ3v) is 6.02. The second-order valence-electron chi connectivity index (χ2n) is 7.67. The highest BCUT2D eigenvalue weighted by Gasteiger charge is 2.33. The number of carbonyl (C=O) groups excluding carboxylic acids is 1. The van der Waals surface area contributed by atoms with Gasteiger partial charge in [-0.15, -0.1) is 0 Å². The van der Waals surface area contributed by atoms with Crippen LogP contribution in [0.3, 0.4) is 0 Å². The summed E-state index contributed by atoms with van der Waals surface area (Å²) in [7, 11) is 0. The summed E-state index contributed by atoms with van der Waals surface area (Å²) in [5, 5.41) is 3.21. The fourth-order valence-electron chi connectivity index (χ4n) is 4.33. The Morgan fingerprint density at radius 3 is 2.70 bits per heavy atom. The number of aromatic amines is 1. The highest BCUT2D eigenvalue weighted by Crippen LogP contribution is 2.47. The van der Waals surface area contributed by atoms with Gasteiger partial charge in [0.25, 0.3) is 5.91 Å². The molecule has 160 valence electrons. The van der Waals surface area contributed by atoms with Gasteiger partial charge in [0.1, 0.15) is 5.82 Å². The molecule has 6 rings (SSSR count). The highest BCUT2D eigenvalue weighted by atomic mass is 35.5. The summed E-state index contributed by atoms with van der Waals surface area (Å²) in [6, 6.07) is 15.4. The van der Waals surface area contributed by atoms with Gasteiger partial charge in [0.15, 0.2) is 5.69 Å². The number of aromatic nitrogens is 5. The summed E-state index contributed by atoms with van der Waals surface area (Å²) < 4.78 is 0. The van der Waals surface area contributed by atoms with Crippen LogP contribution in [0.25, 0.3) is 33.5 Å². The molecule has 1 aliphatic carbocycles. The van der Waals surface area contributed by atoms with Crippen molar-refractivity contribution in [2.75, 3.05) is 5.73 Å². The van der Waals surface area contributed by atoms with Gasteiger partial charge < -0.3 is 16.0 Å². The minimum atomic E-state index is -0.429. The maximum absolute atomic E-state index is 13.1. The topological polar surface area (TPSA) is 122 Å². The molecule has 1 atom stereocenters. The highest BCUT2D eigenvalue weighted by molar-refractivity contribution is 6.33. The first kappa shape index (κ1) is 19.4. The Morgan fingerprint density at radius 1 is 1.00 bits per heavy atom. The summed E-state index contributed by atoms with van der Waals surface area (Å²) in [5.41, 5.74) is 12.3. The molecule has 0 unspecified atom stereocenters. The average Bonchev–Trinajstić information content (AvgIpc) is 3.40. The molecule has 2 aromatic carbocycles. The smallest absolute Gasteiger partial charge is 0.272 e. The van der Waals surface area contributed by atoms with Crippen LogP contribution >= 0.6 is 11.6 Å². The molecule has 0 saturated heterocycles. The van der Waals surface area contributed by atoms with Gasteiger partial charge in [-0.1, -0.05) is 54.1 Å². The molecule has 33 heavy (non-hydrogen) atoms. The molecule has 9 heteroatoms. The predicted octanol–water partition coefficient (Wildman–Crippen LogP) is 4.15. The van der Waals surface area contributed by atoms with E-state index in [-0.39, 0.29) is 22.7 Å². The SMILES string of the molecule is Nc1ncc(Cl)c(C(=O)N[C@@H]2c3ccccc3-c3c(-c4nc5ccncc5[nH]4)cccc32)n1. The second kappa shape index (κ2) is 7.39. The van der Waals surface area contributed by atoms with Gasteiger partial charge in [-0.3, -0.25) is 9.78 Å². The van der Waals surface area contributed by atoms with Crippen molar-refractivity contribution in [1.29, 1.82) is 0 Å². The van der Waals surface area contributed by atoms with Crippen LogP contribution in [-0.4, -0.2) is 30.8 Å². The van der Waals surface area contributed by atoms with Crippen molar-refractivity contribution in [3.05, 3.63) is 89.0 Å². The van der Waals surface area contributed by atoms with Gasteiger partial charge >= 0.3 is 0 Å². The maximum atomic E-state index is 13.1. The first-order valence-electron chi connectivity index (χ1n) is 10.2. The first-order chi connectivity index (χ1) is 16.1. The van der Waals surface area contributed by atoms with Crippen molar-refractivity contribution >= 4 is 34.5 Å². The molecule has 1 amide bonds. The number of benzene rings is 2. The molecule has 3 heterocycles. The van der Waals surface area contributed by atoms with E-state index in [4.69, 9.17) is 22.3 Å². The normalized spacial score (nSPS) is 14.2.